The predicted octanol–water partition coefficient (Wildman–Crippen LogP) is 6.14. The zero-order valence-corrected chi connectivity index (χ0v) is 16.8. The smallest absolute Gasteiger partial charge is 0.210 e. The standard InChI is InChI=1S/C25H17N3OS/c29-16-22-15-28(25-26-23(17-30-25)20-9-5-2-6-10-20)27-24(22)21-13-11-19(12-14-21)18-7-3-1-4-8-18/h1-17H. The van der Waals surface area contributed by atoms with Crippen LogP contribution in [0.25, 0.3) is 38.8 Å². The molecular weight excluding hydrogens is 390 g/mol. The summed E-state index contributed by atoms with van der Waals surface area (Å²) in [7, 11) is 0. The van der Waals surface area contributed by atoms with E-state index < -0.39 is 0 Å². The van der Waals surface area contributed by atoms with Crippen LogP contribution in [0.5, 0.6) is 0 Å². The Balaban J connectivity index is 1.48. The number of thiazole rings is 1. The highest BCUT2D eigenvalue weighted by atomic mass is 32.1. The van der Waals surface area contributed by atoms with Gasteiger partial charge in [0.15, 0.2) is 6.29 Å². The highest BCUT2D eigenvalue weighted by Crippen LogP contribution is 2.28. The van der Waals surface area contributed by atoms with Crippen LogP contribution in [0.3, 0.4) is 0 Å². The van der Waals surface area contributed by atoms with Crippen molar-refractivity contribution in [1.82, 2.24) is 14.8 Å². The molecule has 0 fully saturated rings. The first-order valence-corrected chi connectivity index (χ1v) is 10.4. The van der Waals surface area contributed by atoms with E-state index in [4.69, 9.17) is 0 Å². The maximum absolute atomic E-state index is 11.7. The molecule has 0 atom stereocenters. The van der Waals surface area contributed by atoms with Gasteiger partial charge in [0.05, 0.1) is 11.3 Å². The summed E-state index contributed by atoms with van der Waals surface area (Å²) in [6, 6.07) is 28.3. The van der Waals surface area contributed by atoms with Gasteiger partial charge in [0.25, 0.3) is 0 Å². The molecule has 0 aliphatic rings. The number of nitrogens with zero attached hydrogens (tertiary/aromatic N) is 3. The van der Waals surface area contributed by atoms with E-state index in [1.54, 1.807) is 10.9 Å². The fourth-order valence-electron chi connectivity index (χ4n) is 3.36. The first-order chi connectivity index (χ1) is 14.8. The summed E-state index contributed by atoms with van der Waals surface area (Å²) in [5, 5.41) is 7.39. The fraction of sp³-hybridized carbons (Fsp3) is 0. The highest BCUT2D eigenvalue weighted by Gasteiger charge is 2.14. The van der Waals surface area contributed by atoms with Crippen LogP contribution < -0.4 is 0 Å². The molecule has 5 heteroatoms. The molecular formula is C25H17N3OS. The maximum atomic E-state index is 11.7. The summed E-state index contributed by atoms with van der Waals surface area (Å²) in [5.41, 5.74) is 6.32. The number of aldehydes is 1. The Morgan fingerprint density at radius 1 is 0.733 bits per heavy atom. The Bertz CT molecular complexity index is 1290. The first kappa shape index (κ1) is 18.2. The molecule has 4 nitrogen and oxygen atoms in total. The highest BCUT2D eigenvalue weighted by molar-refractivity contribution is 7.12. The Morgan fingerprint density at radius 3 is 2.00 bits per heavy atom. The van der Waals surface area contributed by atoms with E-state index in [-0.39, 0.29) is 0 Å². The third-order valence-electron chi connectivity index (χ3n) is 4.89. The van der Waals surface area contributed by atoms with E-state index in [1.165, 1.54) is 11.3 Å². The lowest BCUT2D eigenvalue weighted by Crippen LogP contribution is -1.94. The third-order valence-corrected chi connectivity index (χ3v) is 5.72. The molecule has 0 aliphatic carbocycles. The average Bonchev–Trinajstić information content (AvgIpc) is 3.48. The quantitative estimate of drug-likeness (QED) is 0.329. The van der Waals surface area contributed by atoms with Crippen LogP contribution in [0, 0.1) is 0 Å². The van der Waals surface area contributed by atoms with Gasteiger partial charge in [-0.1, -0.05) is 84.9 Å². The van der Waals surface area contributed by atoms with E-state index in [0.717, 1.165) is 39.4 Å². The second-order valence-corrected chi connectivity index (χ2v) is 7.66. The minimum atomic E-state index is 0.541. The molecule has 2 aromatic heterocycles. The Morgan fingerprint density at radius 2 is 1.33 bits per heavy atom. The van der Waals surface area contributed by atoms with Crippen molar-refractivity contribution >= 4 is 17.6 Å². The van der Waals surface area contributed by atoms with Gasteiger partial charge in [0.2, 0.25) is 5.13 Å². The minimum absolute atomic E-state index is 0.541. The number of carbonyl (C=O) groups excluding carboxylic acids is 1. The van der Waals surface area contributed by atoms with Crippen LogP contribution >= 0.6 is 11.3 Å². The lowest BCUT2D eigenvalue weighted by Gasteiger charge is -2.03. The van der Waals surface area contributed by atoms with Crippen LogP contribution in [-0.4, -0.2) is 21.1 Å². The van der Waals surface area contributed by atoms with Crippen molar-refractivity contribution in [3.63, 3.8) is 0 Å². The van der Waals surface area contributed by atoms with Crippen LogP contribution in [0.1, 0.15) is 10.4 Å². The molecule has 0 unspecified atom stereocenters. The lowest BCUT2D eigenvalue weighted by molar-refractivity contribution is 0.112. The molecule has 0 saturated heterocycles. The van der Waals surface area contributed by atoms with Gasteiger partial charge in [-0.15, -0.1) is 11.3 Å². The molecule has 0 N–H and O–H groups in total. The summed E-state index contributed by atoms with van der Waals surface area (Å²) in [5.74, 6) is 0. The predicted molar refractivity (Wildman–Crippen MR) is 121 cm³/mol. The Hall–Kier alpha value is -3.83. The zero-order chi connectivity index (χ0) is 20.3. The number of hydrogen-bond donors (Lipinski definition) is 0. The summed E-state index contributed by atoms with van der Waals surface area (Å²) < 4.78 is 1.68. The molecule has 3 aromatic carbocycles. The van der Waals surface area contributed by atoms with E-state index >= 15 is 0 Å². The van der Waals surface area contributed by atoms with Crippen LogP contribution in [0.4, 0.5) is 0 Å². The van der Waals surface area contributed by atoms with Gasteiger partial charge in [-0.3, -0.25) is 4.79 Å². The Kier molecular flexibility index (Phi) is 4.79. The van der Waals surface area contributed by atoms with E-state index in [1.807, 2.05) is 66.0 Å². The first-order valence-electron chi connectivity index (χ1n) is 9.54. The monoisotopic (exact) mass is 407 g/mol. The normalized spacial score (nSPS) is 10.8. The topological polar surface area (TPSA) is 47.8 Å². The molecule has 0 amide bonds. The summed E-state index contributed by atoms with van der Waals surface area (Å²) >= 11 is 1.50. The SMILES string of the molecule is O=Cc1cn(-c2nc(-c3ccccc3)cs2)nc1-c1ccc(-c2ccccc2)cc1. The van der Waals surface area contributed by atoms with Crippen molar-refractivity contribution in [3.05, 3.63) is 102 Å². The zero-order valence-electron chi connectivity index (χ0n) is 16.0. The van der Waals surface area contributed by atoms with Gasteiger partial charge >= 0.3 is 0 Å². The van der Waals surface area contributed by atoms with Crippen molar-refractivity contribution in [2.45, 2.75) is 0 Å². The lowest BCUT2D eigenvalue weighted by atomic mass is 10.0. The number of hydrogen-bond acceptors (Lipinski definition) is 4. The summed E-state index contributed by atoms with van der Waals surface area (Å²) in [6.07, 6.45) is 2.58. The molecule has 5 aromatic rings. The second-order valence-electron chi connectivity index (χ2n) is 6.82. The number of aromatic nitrogens is 3. The van der Waals surface area contributed by atoms with Crippen molar-refractivity contribution in [2.24, 2.45) is 0 Å². The molecule has 144 valence electrons. The van der Waals surface area contributed by atoms with Gasteiger partial charge in [-0.25, -0.2) is 9.67 Å². The van der Waals surface area contributed by atoms with Crippen LogP contribution in [-0.2, 0) is 0 Å². The average molecular weight is 407 g/mol. The maximum Gasteiger partial charge on any atom is 0.210 e. The van der Waals surface area contributed by atoms with Crippen LogP contribution in [0.15, 0.2) is 96.5 Å². The van der Waals surface area contributed by atoms with E-state index in [2.05, 4.69) is 34.3 Å². The van der Waals surface area contributed by atoms with Crippen molar-refractivity contribution in [2.75, 3.05) is 0 Å². The number of rotatable bonds is 5. The van der Waals surface area contributed by atoms with Crippen molar-refractivity contribution in [1.29, 1.82) is 0 Å². The van der Waals surface area contributed by atoms with Gasteiger partial charge in [-0.05, 0) is 11.1 Å². The minimum Gasteiger partial charge on any atom is -0.298 e. The van der Waals surface area contributed by atoms with E-state index in [0.29, 0.717) is 11.3 Å². The van der Waals surface area contributed by atoms with Gasteiger partial charge < -0.3 is 0 Å². The molecule has 5 rings (SSSR count). The van der Waals surface area contributed by atoms with Gasteiger partial charge in [-0.2, -0.15) is 5.10 Å². The van der Waals surface area contributed by atoms with Crippen molar-refractivity contribution in [3.8, 4) is 38.8 Å². The van der Waals surface area contributed by atoms with Crippen molar-refractivity contribution < 1.29 is 4.79 Å². The van der Waals surface area contributed by atoms with Gasteiger partial charge in [0, 0.05) is 22.7 Å². The van der Waals surface area contributed by atoms with Crippen LogP contribution in [0.2, 0.25) is 0 Å². The molecule has 0 radical (unpaired) electrons. The molecule has 30 heavy (non-hydrogen) atoms. The Labute approximate surface area is 178 Å². The number of benzene rings is 3. The summed E-state index contributed by atoms with van der Waals surface area (Å²) in [6.45, 7) is 0. The van der Waals surface area contributed by atoms with Gasteiger partial charge in [0.1, 0.15) is 5.69 Å². The molecule has 0 aliphatic heterocycles. The summed E-state index contributed by atoms with van der Waals surface area (Å²) in [4.78, 5) is 16.4. The molecule has 2 heterocycles. The largest absolute Gasteiger partial charge is 0.298 e. The molecule has 0 spiro atoms. The van der Waals surface area contributed by atoms with E-state index in [9.17, 15) is 4.79 Å². The fourth-order valence-corrected chi connectivity index (χ4v) is 4.12. The number of carbonyl (C=O) groups is 1. The second kappa shape index (κ2) is 7.89. The molecule has 0 bridgehead atoms. The molecule has 0 saturated carbocycles. The third kappa shape index (κ3) is 3.47.